The van der Waals surface area contributed by atoms with E-state index in [1.807, 2.05) is 13.0 Å². The highest BCUT2D eigenvalue weighted by molar-refractivity contribution is 5.54. The maximum absolute atomic E-state index is 13.5. The molecule has 1 saturated heterocycles. The average Bonchev–Trinajstić information content (AvgIpc) is 3.29. The van der Waals surface area contributed by atoms with Gasteiger partial charge in [-0.1, -0.05) is 0 Å². The molecule has 1 atom stereocenters. The van der Waals surface area contributed by atoms with Crippen LogP contribution in [-0.2, 0) is 6.54 Å². The Bertz CT molecular complexity index is 480. The number of rotatable bonds is 5. The highest BCUT2D eigenvalue weighted by Crippen LogP contribution is 2.29. The van der Waals surface area contributed by atoms with Crippen molar-refractivity contribution < 1.29 is 9.50 Å². The molecule has 0 radical (unpaired) electrons. The number of hydrogen-bond acceptors (Lipinski definition) is 3. The summed E-state index contributed by atoms with van der Waals surface area (Å²) in [6, 6.07) is 5.74. The van der Waals surface area contributed by atoms with Crippen LogP contribution >= 0.6 is 0 Å². The SMILES string of the molecule is CC(O)C1CCN(c2ccc(F)cc2CNC2CC2)CC1. The van der Waals surface area contributed by atoms with Crippen LogP contribution in [0.5, 0.6) is 0 Å². The lowest BCUT2D eigenvalue weighted by Crippen LogP contribution is -2.37. The molecule has 0 bridgehead atoms. The summed E-state index contributed by atoms with van der Waals surface area (Å²) in [6.07, 6.45) is 4.26. The van der Waals surface area contributed by atoms with E-state index < -0.39 is 0 Å². The van der Waals surface area contributed by atoms with Crippen molar-refractivity contribution in [3.8, 4) is 0 Å². The number of halogens is 1. The molecule has 2 fully saturated rings. The van der Waals surface area contributed by atoms with Gasteiger partial charge in [-0.05, 0) is 62.3 Å². The van der Waals surface area contributed by atoms with E-state index in [0.717, 1.165) is 43.7 Å². The van der Waals surface area contributed by atoms with Crippen LogP contribution in [0.15, 0.2) is 18.2 Å². The second-order valence-corrected chi connectivity index (χ2v) is 6.49. The molecule has 1 aromatic rings. The minimum absolute atomic E-state index is 0.162. The quantitative estimate of drug-likeness (QED) is 0.876. The first kappa shape index (κ1) is 14.8. The zero-order valence-electron chi connectivity index (χ0n) is 12.7. The van der Waals surface area contributed by atoms with Gasteiger partial charge in [0, 0.05) is 31.4 Å². The molecule has 0 amide bonds. The van der Waals surface area contributed by atoms with Crippen molar-refractivity contribution in [3.63, 3.8) is 0 Å². The van der Waals surface area contributed by atoms with Gasteiger partial charge in [0.2, 0.25) is 0 Å². The van der Waals surface area contributed by atoms with Crippen LogP contribution < -0.4 is 10.2 Å². The molecular weight excluding hydrogens is 267 g/mol. The first-order valence-corrected chi connectivity index (χ1v) is 8.08. The molecule has 116 valence electrons. The van der Waals surface area contributed by atoms with E-state index in [2.05, 4.69) is 10.2 Å². The van der Waals surface area contributed by atoms with Crippen molar-refractivity contribution in [1.82, 2.24) is 5.32 Å². The van der Waals surface area contributed by atoms with Gasteiger partial charge in [-0.2, -0.15) is 0 Å². The van der Waals surface area contributed by atoms with E-state index in [9.17, 15) is 9.50 Å². The third kappa shape index (κ3) is 3.74. The normalized spacial score (nSPS) is 21.6. The minimum Gasteiger partial charge on any atom is -0.393 e. The number of aliphatic hydroxyl groups is 1. The molecule has 1 heterocycles. The lowest BCUT2D eigenvalue weighted by atomic mass is 9.91. The average molecular weight is 292 g/mol. The number of benzene rings is 1. The monoisotopic (exact) mass is 292 g/mol. The fraction of sp³-hybridized carbons (Fsp3) is 0.647. The van der Waals surface area contributed by atoms with Crippen LogP contribution in [0.4, 0.5) is 10.1 Å². The Labute approximate surface area is 126 Å². The maximum Gasteiger partial charge on any atom is 0.123 e. The Morgan fingerprint density at radius 2 is 2.00 bits per heavy atom. The Morgan fingerprint density at radius 3 is 2.62 bits per heavy atom. The molecule has 1 aliphatic carbocycles. The van der Waals surface area contributed by atoms with Gasteiger partial charge in [0.1, 0.15) is 5.82 Å². The minimum atomic E-state index is -0.226. The predicted molar refractivity (Wildman–Crippen MR) is 82.9 cm³/mol. The standard InChI is InChI=1S/C17H25FN2O/c1-12(21)13-6-8-20(9-7-13)17-5-2-15(18)10-14(17)11-19-16-3-4-16/h2,5,10,12-13,16,19,21H,3-4,6-9,11H2,1H3. The number of aliphatic hydroxyl groups excluding tert-OH is 1. The molecule has 4 heteroatoms. The zero-order valence-corrected chi connectivity index (χ0v) is 12.7. The summed E-state index contributed by atoms with van der Waals surface area (Å²) in [5.41, 5.74) is 2.20. The molecule has 1 saturated carbocycles. The topological polar surface area (TPSA) is 35.5 Å². The van der Waals surface area contributed by atoms with Gasteiger partial charge in [0.25, 0.3) is 0 Å². The Balaban J connectivity index is 1.68. The number of anilines is 1. The lowest BCUT2D eigenvalue weighted by Gasteiger charge is -2.36. The number of nitrogens with one attached hydrogen (secondary N) is 1. The smallest absolute Gasteiger partial charge is 0.123 e. The van der Waals surface area contributed by atoms with Gasteiger partial charge >= 0.3 is 0 Å². The Kier molecular flexibility index (Phi) is 4.45. The van der Waals surface area contributed by atoms with Gasteiger partial charge in [0.15, 0.2) is 0 Å². The molecule has 1 aromatic carbocycles. The van der Waals surface area contributed by atoms with Crippen LogP contribution in [0, 0.1) is 11.7 Å². The molecule has 3 nitrogen and oxygen atoms in total. The molecule has 3 rings (SSSR count). The summed E-state index contributed by atoms with van der Waals surface area (Å²) < 4.78 is 13.5. The van der Waals surface area contributed by atoms with Crippen molar-refractivity contribution >= 4 is 5.69 Å². The van der Waals surface area contributed by atoms with E-state index in [0.29, 0.717) is 12.0 Å². The number of nitrogens with zero attached hydrogens (tertiary/aromatic N) is 1. The highest BCUT2D eigenvalue weighted by atomic mass is 19.1. The third-order valence-corrected chi connectivity index (χ3v) is 4.76. The summed E-state index contributed by atoms with van der Waals surface area (Å²) in [7, 11) is 0. The van der Waals surface area contributed by atoms with Gasteiger partial charge in [-0.3, -0.25) is 0 Å². The maximum atomic E-state index is 13.5. The summed E-state index contributed by atoms with van der Waals surface area (Å²) >= 11 is 0. The number of piperidine rings is 1. The second kappa shape index (κ2) is 6.32. The molecule has 1 aliphatic heterocycles. The molecule has 2 N–H and O–H groups in total. The van der Waals surface area contributed by atoms with E-state index >= 15 is 0 Å². The largest absolute Gasteiger partial charge is 0.393 e. The summed E-state index contributed by atoms with van der Waals surface area (Å²) in [4.78, 5) is 2.34. The summed E-state index contributed by atoms with van der Waals surface area (Å²) in [5, 5.41) is 13.2. The third-order valence-electron chi connectivity index (χ3n) is 4.76. The van der Waals surface area contributed by atoms with E-state index in [1.54, 1.807) is 12.1 Å². The van der Waals surface area contributed by atoms with Crippen molar-refractivity contribution in [2.75, 3.05) is 18.0 Å². The second-order valence-electron chi connectivity index (χ2n) is 6.49. The van der Waals surface area contributed by atoms with Crippen molar-refractivity contribution in [2.24, 2.45) is 5.92 Å². The first-order valence-electron chi connectivity index (χ1n) is 8.08. The van der Waals surface area contributed by atoms with Gasteiger partial charge in [0.05, 0.1) is 6.10 Å². The fourth-order valence-electron chi connectivity index (χ4n) is 3.17. The molecule has 0 aromatic heterocycles. The lowest BCUT2D eigenvalue weighted by molar-refractivity contribution is 0.110. The van der Waals surface area contributed by atoms with E-state index in [1.165, 1.54) is 12.8 Å². The van der Waals surface area contributed by atoms with E-state index in [-0.39, 0.29) is 11.9 Å². The first-order chi connectivity index (χ1) is 10.1. The molecule has 0 spiro atoms. The summed E-state index contributed by atoms with van der Waals surface area (Å²) in [6.45, 7) is 4.51. The molecular formula is C17H25FN2O. The van der Waals surface area contributed by atoms with Gasteiger partial charge in [-0.15, -0.1) is 0 Å². The van der Waals surface area contributed by atoms with Crippen molar-refractivity contribution in [2.45, 2.75) is 51.3 Å². The van der Waals surface area contributed by atoms with E-state index in [4.69, 9.17) is 0 Å². The predicted octanol–water partition coefficient (Wildman–Crippen LogP) is 2.67. The van der Waals surface area contributed by atoms with Crippen LogP contribution in [0.3, 0.4) is 0 Å². The van der Waals surface area contributed by atoms with Crippen LogP contribution in [-0.4, -0.2) is 30.3 Å². The zero-order chi connectivity index (χ0) is 14.8. The van der Waals surface area contributed by atoms with Crippen molar-refractivity contribution in [1.29, 1.82) is 0 Å². The summed E-state index contributed by atoms with van der Waals surface area (Å²) in [5.74, 6) is 0.236. The fourth-order valence-corrected chi connectivity index (χ4v) is 3.17. The molecule has 1 unspecified atom stereocenters. The Hall–Kier alpha value is -1.13. The van der Waals surface area contributed by atoms with Crippen LogP contribution in [0.1, 0.15) is 38.2 Å². The van der Waals surface area contributed by atoms with Gasteiger partial charge < -0.3 is 15.3 Å². The highest BCUT2D eigenvalue weighted by Gasteiger charge is 2.25. The van der Waals surface area contributed by atoms with Crippen LogP contribution in [0.25, 0.3) is 0 Å². The molecule has 21 heavy (non-hydrogen) atoms. The number of hydrogen-bond donors (Lipinski definition) is 2. The Morgan fingerprint density at radius 1 is 1.29 bits per heavy atom. The van der Waals surface area contributed by atoms with Crippen molar-refractivity contribution in [3.05, 3.63) is 29.6 Å². The molecule has 2 aliphatic rings. The van der Waals surface area contributed by atoms with Gasteiger partial charge in [-0.25, -0.2) is 4.39 Å². The van der Waals surface area contributed by atoms with Crippen LogP contribution in [0.2, 0.25) is 0 Å².